The van der Waals surface area contributed by atoms with Crippen molar-refractivity contribution in [3.05, 3.63) is 66.3 Å². The maximum atomic E-state index is 10.9. The van der Waals surface area contributed by atoms with Crippen molar-refractivity contribution in [3.8, 4) is 0 Å². The number of esters is 4. The Kier molecular flexibility index (Phi) is 20.8. The molecule has 0 spiro atoms. The number of hydrogen-bond acceptors (Lipinski definition) is 10. The minimum Gasteiger partial charge on any atom is -0.545 e. The van der Waals surface area contributed by atoms with Crippen molar-refractivity contribution in [2.75, 3.05) is 6.61 Å². The number of hydrogen-bond donors (Lipinski definition) is 0. The van der Waals surface area contributed by atoms with Gasteiger partial charge in [-0.2, -0.15) is 0 Å². The maximum Gasteiger partial charge on any atom is 0.331 e. The van der Waals surface area contributed by atoms with Gasteiger partial charge in [0.2, 0.25) is 0 Å². The summed E-state index contributed by atoms with van der Waals surface area (Å²) in [6.07, 6.45) is 6.11. The van der Waals surface area contributed by atoms with Gasteiger partial charge in [-0.05, 0) is 66.2 Å². The van der Waals surface area contributed by atoms with E-state index < -0.39 is 23.9 Å². The molecule has 0 N–H and O–H groups in total. The van der Waals surface area contributed by atoms with Crippen molar-refractivity contribution in [1.29, 1.82) is 0 Å². The monoisotopic (exact) mass is 533 g/mol. The highest BCUT2D eigenvalue weighted by molar-refractivity contribution is 5.92. The zero-order chi connectivity index (χ0) is 29.5. The third-order valence-electron chi connectivity index (χ3n) is 3.26. The molecule has 0 unspecified atom stereocenters. The summed E-state index contributed by atoms with van der Waals surface area (Å²) in [6, 6.07) is 9.63. The lowest BCUT2D eigenvalue weighted by Crippen LogP contribution is -2.19. The van der Waals surface area contributed by atoms with E-state index in [1.54, 1.807) is 54.5 Å². The van der Waals surface area contributed by atoms with E-state index in [0.717, 1.165) is 23.8 Å². The lowest BCUT2D eigenvalue weighted by Gasteiger charge is -2.05. The lowest BCUT2D eigenvalue weighted by molar-refractivity contribution is -0.297. The van der Waals surface area contributed by atoms with E-state index in [2.05, 4.69) is 4.74 Å². The second kappa shape index (κ2) is 22.0. The fourth-order valence-corrected chi connectivity index (χ4v) is 2.01. The molecule has 0 aromatic heterocycles. The van der Waals surface area contributed by atoms with Gasteiger partial charge in [0.25, 0.3) is 0 Å². The molecule has 10 heteroatoms. The highest BCUT2D eigenvalue weighted by Gasteiger charge is 2.04. The summed E-state index contributed by atoms with van der Waals surface area (Å²) in [5.41, 5.74) is 0.996. The number of carbonyl (C=O) groups is 5. The van der Waals surface area contributed by atoms with Crippen LogP contribution in [-0.4, -0.2) is 54.8 Å². The highest BCUT2D eigenvalue weighted by Crippen LogP contribution is 2.00. The highest BCUT2D eigenvalue weighted by atomic mass is 16.6. The summed E-state index contributed by atoms with van der Waals surface area (Å²) >= 11 is 0. The van der Waals surface area contributed by atoms with Crippen LogP contribution in [0.2, 0.25) is 0 Å². The molecule has 0 aliphatic rings. The van der Waals surface area contributed by atoms with Crippen molar-refractivity contribution in [1.82, 2.24) is 0 Å². The van der Waals surface area contributed by atoms with Crippen LogP contribution in [0.3, 0.4) is 0 Å². The Bertz CT molecular complexity index is 918. The first-order valence-electron chi connectivity index (χ1n) is 11.9. The quantitative estimate of drug-likeness (QED) is 0.250. The average Bonchev–Trinajstić information content (AvgIpc) is 2.81. The molecule has 0 heterocycles. The Labute approximate surface area is 223 Å². The van der Waals surface area contributed by atoms with Crippen LogP contribution >= 0.6 is 0 Å². The number of carbonyl (C=O) groups excluding carboxylic acids is 5. The summed E-state index contributed by atoms with van der Waals surface area (Å²) in [7, 11) is 0. The van der Waals surface area contributed by atoms with Gasteiger partial charge in [0.05, 0.1) is 30.9 Å². The zero-order valence-electron chi connectivity index (χ0n) is 22.9. The smallest absolute Gasteiger partial charge is 0.331 e. The van der Waals surface area contributed by atoms with Crippen molar-refractivity contribution in [2.24, 2.45) is 0 Å². The molecule has 0 atom stereocenters. The molecule has 210 valence electrons. The summed E-state index contributed by atoms with van der Waals surface area (Å²) in [4.78, 5) is 53.1. The van der Waals surface area contributed by atoms with E-state index >= 15 is 0 Å². The van der Waals surface area contributed by atoms with Crippen LogP contribution in [0.5, 0.6) is 0 Å². The molecule has 1 rings (SSSR count). The molecule has 1 aromatic rings. The Morgan fingerprint density at radius 1 is 0.658 bits per heavy atom. The largest absolute Gasteiger partial charge is 0.545 e. The molecular formula is C28H37O10-. The number of carboxylic acids is 1. The first-order valence-corrected chi connectivity index (χ1v) is 11.9. The second-order valence-electron chi connectivity index (χ2n) is 7.94. The van der Waals surface area contributed by atoms with Gasteiger partial charge in [-0.3, -0.25) is 0 Å². The van der Waals surface area contributed by atoms with Gasteiger partial charge in [-0.15, -0.1) is 0 Å². The van der Waals surface area contributed by atoms with Gasteiger partial charge >= 0.3 is 23.9 Å². The minimum absolute atomic E-state index is 0.187. The molecular weight excluding hydrogens is 496 g/mol. The van der Waals surface area contributed by atoms with Gasteiger partial charge < -0.3 is 28.8 Å². The van der Waals surface area contributed by atoms with Crippen LogP contribution in [0.25, 0.3) is 6.08 Å². The third kappa shape index (κ3) is 26.4. The summed E-state index contributed by atoms with van der Waals surface area (Å²) in [6.45, 7) is 12.5. The van der Waals surface area contributed by atoms with E-state index in [1.807, 2.05) is 30.3 Å². The topological polar surface area (TPSA) is 145 Å². The Morgan fingerprint density at radius 2 is 1.05 bits per heavy atom. The fraction of sp³-hybridized carbons (Fsp3) is 0.393. The SMILES string of the molecule is CC(C)OC(=O)/C=C/C(=O)OC(C)C.CC(C)OC(=O)/C=C/C(=O)[O-].CCOC(=O)C=Cc1ccccc1. The van der Waals surface area contributed by atoms with Gasteiger partial charge in [0, 0.05) is 24.3 Å². The molecule has 10 nitrogen and oxygen atoms in total. The van der Waals surface area contributed by atoms with E-state index in [-0.39, 0.29) is 24.3 Å². The number of benzene rings is 1. The third-order valence-corrected chi connectivity index (χ3v) is 3.26. The van der Waals surface area contributed by atoms with Crippen molar-refractivity contribution in [2.45, 2.75) is 66.8 Å². The summed E-state index contributed by atoms with van der Waals surface area (Å²) in [5, 5.41) is 9.78. The maximum absolute atomic E-state index is 10.9. The molecule has 0 fully saturated rings. The molecule has 0 saturated heterocycles. The molecule has 0 saturated carbocycles. The van der Waals surface area contributed by atoms with E-state index in [9.17, 15) is 29.1 Å². The van der Waals surface area contributed by atoms with Crippen LogP contribution in [0.15, 0.2) is 60.7 Å². The van der Waals surface area contributed by atoms with Crippen molar-refractivity contribution in [3.63, 3.8) is 0 Å². The summed E-state index contributed by atoms with van der Waals surface area (Å²) < 4.78 is 18.9. The van der Waals surface area contributed by atoms with Crippen LogP contribution in [0.1, 0.15) is 54.0 Å². The number of carboxylic acid groups (broad SMARTS) is 1. The first kappa shape index (κ1) is 35.9. The van der Waals surface area contributed by atoms with Gasteiger partial charge in [-0.25, -0.2) is 19.2 Å². The van der Waals surface area contributed by atoms with Crippen LogP contribution < -0.4 is 5.11 Å². The lowest BCUT2D eigenvalue weighted by atomic mass is 10.2. The van der Waals surface area contributed by atoms with Gasteiger partial charge in [0.1, 0.15) is 0 Å². The molecule has 0 amide bonds. The normalized spacial score (nSPS) is 10.6. The fourth-order valence-electron chi connectivity index (χ4n) is 2.01. The van der Waals surface area contributed by atoms with E-state index in [4.69, 9.17) is 14.2 Å². The van der Waals surface area contributed by atoms with E-state index in [0.29, 0.717) is 12.7 Å². The van der Waals surface area contributed by atoms with Gasteiger partial charge in [-0.1, -0.05) is 30.3 Å². The average molecular weight is 534 g/mol. The zero-order valence-corrected chi connectivity index (χ0v) is 22.9. The Hall–Kier alpha value is -4.21. The molecule has 1 aromatic carbocycles. The predicted molar refractivity (Wildman–Crippen MR) is 139 cm³/mol. The predicted octanol–water partition coefficient (Wildman–Crippen LogP) is 2.95. The molecule has 38 heavy (non-hydrogen) atoms. The molecule has 0 radical (unpaired) electrons. The minimum atomic E-state index is -1.41. The van der Waals surface area contributed by atoms with Crippen LogP contribution in [0, 0.1) is 0 Å². The van der Waals surface area contributed by atoms with E-state index in [1.165, 1.54) is 6.08 Å². The number of ether oxygens (including phenoxy) is 4. The first-order chi connectivity index (χ1) is 17.8. The number of rotatable bonds is 10. The Morgan fingerprint density at radius 3 is 1.39 bits per heavy atom. The summed E-state index contributed by atoms with van der Waals surface area (Å²) in [5.74, 6) is -3.47. The van der Waals surface area contributed by atoms with Gasteiger partial charge in [0.15, 0.2) is 0 Å². The molecule has 0 aliphatic heterocycles. The number of aliphatic carboxylic acids is 1. The van der Waals surface area contributed by atoms with Crippen molar-refractivity contribution < 1.29 is 48.0 Å². The van der Waals surface area contributed by atoms with Crippen LogP contribution in [-0.2, 0) is 42.9 Å². The van der Waals surface area contributed by atoms with Crippen molar-refractivity contribution >= 4 is 35.9 Å². The second-order valence-corrected chi connectivity index (χ2v) is 7.94. The standard InChI is InChI=1S/C11H12O2.C10H16O4.C7H10O4/c1-2-13-11(12)9-8-10-6-4-3-5-7-10;1-7(2)13-9(11)5-6-10(12)14-8(3)4;1-5(2)11-7(10)4-3-6(8)9/h3-9H,2H2,1H3;5-8H,1-4H3;3-5H,1-2H3,(H,8,9)/p-1/b;6-5+;4-3+. The molecule has 0 aliphatic carbocycles. The Balaban J connectivity index is 0. The van der Waals surface area contributed by atoms with Crippen LogP contribution in [0.4, 0.5) is 0 Å². The molecule has 0 bridgehead atoms.